The molecule has 51 heavy (non-hydrogen) atoms. The van der Waals surface area contributed by atoms with Crippen LogP contribution in [0.2, 0.25) is 0 Å². The van der Waals surface area contributed by atoms with Gasteiger partial charge >= 0.3 is 5.97 Å². The van der Waals surface area contributed by atoms with Gasteiger partial charge in [-0.3, -0.25) is 9.36 Å². The van der Waals surface area contributed by atoms with Gasteiger partial charge in [0.25, 0.3) is 7.82 Å². The number of quaternary nitrogens is 1. The third kappa shape index (κ3) is 40.3. The van der Waals surface area contributed by atoms with Gasteiger partial charge in [0.1, 0.15) is 19.3 Å². The molecule has 304 valence electrons. The van der Waals surface area contributed by atoms with Crippen LogP contribution in [-0.2, 0) is 27.9 Å². The first-order valence-electron chi connectivity index (χ1n) is 21.4. The average Bonchev–Trinajstić information content (AvgIpc) is 3.08. The van der Waals surface area contributed by atoms with Crippen molar-refractivity contribution in [2.24, 2.45) is 0 Å². The molecule has 8 nitrogen and oxygen atoms in total. The van der Waals surface area contributed by atoms with Crippen molar-refractivity contribution in [3.63, 3.8) is 0 Å². The number of hydrogen-bond donors (Lipinski definition) is 0. The number of phosphoric ester groups is 1. The van der Waals surface area contributed by atoms with Crippen LogP contribution in [0.5, 0.6) is 0 Å². The second-order valence-corrected chi connectivity index (χ2v) is 17.1. The van der Waals surface area contributed by atoms with Gasteiger partial charge in [0.15, 0.2) is 0 Å². The summed E-state index contributed by atoms with van der Waals surface area (Å²) >= 11 is 0. The SMILES string of the molecule is CCCCCCCCCC/C=C\CCCCCCCCCCCCOCC(COP(=O)([O-])OCC[N+](C)(C)C)OC(=O)CCCCCCCCC. The van der Waals surface area contributed by atoms with Gasteiger partial charge in [0.05, 0.1) is 34.4 Å². The molecule has 0 aromatic heterocycles. The number of likely N-dealkylation sites (N-methyl/N-ethyl adjacent to an activating group) is 1. The Balaban J connectivity index is 4.01. The fourth-order valence-corrected chi connectivity index (χ4v) is 6.68. The molecular weight excluding hydrogens is 661 g/mol. The van der Waals surface area contributed by atoms with E-state index in [4.69, 9.17) is 18.5 Å². The maximum absolute atomic E-state index is 12.5. The maximum Gasteiger partial charge on any atom is 0.306 e. The highest BCUT2D eigenvalue weighted by Gasteiger charge is 2.20. The molecule has 0 aliphatic heterocycles. The van der Waals surface area contributed by atoms with E-state index in [1.54, 1.807) is 0 Å². The average molecular weight is 746 g/mol. The molecule has 0 radical (unpaired) electrons. The highest BCUT2D eigenvalue weighted by Crippen LogP contribution is 2.38. The van der Waals surface area contributed by atoms with Gasteiger partial charge in [-0.2, -0.15) is 0 Å². The minimum absolute atomic E-state index is 0.0286. The van der Waals surface area contributed by atoms with Crippen LogP contribution >= 0.6 is 7.82 Å². The van der Waals surface area contributed by atoms with E-state index in [1.165, 1.54) is 141 Å². The van der Waals surface area contributed by atoms with Crippen LogP contribution in [-0.4, -0.2) is 70.7 Å². The lowest BCUT2D eigenvalue weighted by atomic mass is 10.1. The van der Waals surface area contributed by atoms with Crippen molar-refractivity contribution in [1.29, 1.82) is 0 Å². The fraction of sp³-hybridized carbons (Fsp3) is 0.929. The molecule has 0 saturated carbocycles. The summed E-state index contributed by atoms with van der Waals surface area (Å²) in [5.41, 5.74) is 0. The molecule has 0 aliphatic carbocycles. The molecule has 0 amide bonds. The smallest absolute Gasteiger partial charge is 0.306 e. The molecule has 2 unspecified atom stereocenters. The zero-order valence-electron chi connectivity index (χ0n) is 34.3. The van der Waals surface area contributed by atoms with Gasteiger partial charge in [-0.15, -0.1) is 0 Å². The number of nitrogens with zero attached hydrogens (tertiary/aromatic N) is 1. The van der Waals surface area contributed by atoms with Crippen molar-refractivity contribution in [3.8, 4) is 0 Å². The van der Waals surface area contributed by atoms with Crippen molar-refractivity contribution in [3.05, 3.63) is 12.2 Å². The van der Waals surface area contributed by atoms with Gasteiger partial charge in [-0.05, 0) is 38.5 Å². The minimum Gasteiger partial charge on any atom is -0.756 e. The Kier molecular flexibility index (Phi) is 35.7. The Labute approximate surface area is 316 Å². The molecule has 2 atom stereocenters. The lowest BCUT2D eigenvalue weighted by Crippen LogP contribution is -2.37. The summed E-state index contributed by atoms with van der Waals surface area (Å²) in [6, 6.07) is 0. The third-order valence-corrected chi connectivity index (χ3v) is 10.3. The standard InChI is InChI=1S/C42H84NO7P/c1-6-8-10-12-14-15-16-17-18-19-20-21-22-23-24-25-26-27-28-30-32-34-37-47-39-41(40-49-51(45,46)48-38-36-43(3,4)5)50-42(44)35-33-31-29-13-11-9-7-2/h19-20,41H,6-18,21-40H2,1-5H3/b20-19-. The van der Waals surface area contributed by atoms with Crippen LogP contribution in [0.3, 0.4) is 0 Å². The number of ether oxygens (including phenoxy) is 2. The molecule has 9 heteroatoms. The first-order valence-corrected chi connectivity index (χ1v) is 22.9. The Bertz CT molecular complexity index is 833. The summed E-state index contributed by atoms with van der Waals surface area (Å²) in [6.07, 6.45) is 38.2. The lowest BCUT2D eigenvalue weighted by Gasteiger charge is -2.28. The summed E-state index contributed by atoms with van der Waals surface area (Å²) < 4.78 is 34.4. The van der Waals surface area contributed by atoms with E-state index in [0.29, 0.717) is 24.1 Å². The van der Waals surface area contributed by atoms with Gasteiger partial charge in [0, 0.05) is 13.0 Å². The van der Waals surface area contributed by atoms with E-state index in [1.807, 2.05) is 21.1 Å². The Morgan fingerprint density at radius 1 is 0.588 bits per heavy atom. The van der Waals surface area contributed by atoms with Gasteiger partial charge < -0.3 is 27.9 Å². The fourth-order valence-electron chi connectivity index (χ4n) is 5.95. The summed E-state index contributed by atoms with van der Waals surface area (Å²) in [5.74, 6) is -0.339. The largest absolute Gasteiger partial charge is 0.756 e. The first-order chi connectivity index (χ1) is 24.6. The van der Waals surface area contributed by atoms with E-state index in [9.17, 15) is 14.3 Å². The van der Waals surface area contributed by atoms with E-state index in [-0.39, 0.29) is 25.8 Å². The number of unbranched alkanes of at least 4 members (excludes halogenated alkanes) is 24. The molecule has 0 heterocycles. The summed E-state index contributed by atoms with van der Waals surface area (Å²) in [7, 11) is 1.36. The van der Waals surface area contributed by atoms with Crippen LogP contribution in [0.4, 0.5) is 0 Å². The zero-order valence-corrected chi connectivity index (χ0v) is 35.2. The molecule has 0 saturated heterocycles. The Morgan fingerprint density at radius 2 is 1.02 bits per heavy atom. The summed E-state index contributed by atoms with van der Waals surface area (Å²) in [6.45, 7) is 5.39. The predicted octanol–water partition coefficient (Wildman–Crippen LogP) is 11.6. The van der Waals surface area contributed by atoms with E-state index in [2.05, 4.69) is 26.0 Å². The number of phosphoric acid groups is 1. The van der Waals surface area contributed by atoms with Crippen molar-refractivity contribution in [2.45, 2.75) is 200 Å². The van der Waals surface area contributed by atoms with Crippen molar-refractivity contribution in [2.75, 3.05) is 54.1 Å². The second-order valence-electron chi connectivity index (χ2n) is 15.7. The summed E-state index contributed by atoms with van der Waals surface area (Å²) in [5, 5.41) is 0. The van der Waals surface area contributed by atoms with Gasteiger partial charge in [-0.25, -0.2) is 0 Å². The maximum atomic E-state index is 12.5. The normalized spacial score (nSPS) is 13.9. The minimum atomic E-state index is -4.51. The molecule has 0 aliphatic rings. The molecule has 0 aromatic carbocycles. The van der Waals surface area contributed by atoms with Crippen LogP contribution in [0.1, 0.15) is 194 Å². The first kappa shape index (κ1) is 50.2. The van der Waals surface area contributed by atoms with E-state index in [0.717, 1.165) is 32.1 Å². The van der Waals surface area contributed by atoms with Crippen molar-refractivity contribution < 1.29 is 37.3 Å². The van der Waals surface area contributed by atoms with Gasteiger partial charge in [-0.1, -0.05) is 161 Å². The number of carbonyl (C=O) groups is 1. The molecular formula is C42H84NO7P. The van der Waals surface area contributed by atoms with E-state index >= 15 is 0 Å². The lowest BCUT2D eigenvalue weighted by molar-refractivity contribution is -0.870. The van der Waals surface area contributed by atoms with Crippen LogP contribution in [0.25, 0.3) is 0 Å². The third-order valence-electron chi connectivity index (χ3n) is 9.32. The summed E-state index contributed by atoms with van der Waals surface area (Å²) in [4.78, 5) is 24.8. The van der Waals surface area contributed by atoms with E-state index < -0.39 is 13.9 Å². The monoisotopic (exact) mass is 746 g/mol. The van der Waals surface area contributed by atoms with Crippen LogP contribution < -0.4 is 4.89 Å². The molecule has 0 bridgehead atoms. The molecule has 0 N–H and O–H groups in total. The van der Waals surface area contributed by atoms with Crippen molar-refractivity contribution >= 4 is 13.8 Å². The van der Waals surface area contributed by atoms with Crippen LogP contribution in [0, 0.1) is 0 Å². The molecule has 0 fully saturated rings. The second kappa shape index (κ2) is 36.2. The predicted molar refractivity (Wildman–Crippen MR) is 213 cm³/mol. The van der Waals surface area contributed by atoms with Gasteiger partial charge in [0.2, 0.25) is 0 Å². The number of rotatable bonds is 40. The van der Waals surface area contributed by atoms with Crippen molar-refractivity contribution in [1.82, 2.24) is 0 Å². The molecule has 0 spiro atoms. The Hall–Kier alpha value is -0.760. The molecule has 0 aromatic rings. The highest BCUT2D eigenvalue weighted by atomic mass is 31.2. The number of allylic oxidation sites excluding steroid dienone is 2. The highest BCUT2D eigenvalue weighted by molar-refractivity contribution is 7.45. The van der Waals surface area contributed by atoms with Crippen LogP contribution in [0.15, 0.2) is 12.2 Å². The number of hydrogen-bond acceptors (Lipinski definition) is 7. The number of esters is 1. The number of carbonyl (C=O) groups excluding carboxylic acids is 1. The molecule has 0 rings (SSSR count). The quantitative estimate of drug-likeness (QED) is 0.0203. The topological polar surface area (TPSA) is 94.1 Å². The zero-order chi connectivity index (χ0) is 37.7. The Morgan fingerprint density at radius 3 is 1.49 bits per heavy atom.